The van der Waals surface area contributed by atoms with Crippen LogP contribution in [0.25, 0.3) is 89.1 Å². The standard InChI is InChI=1S/C56H51N3Si2/c1-56(2)48-25-14-13-23-47(48)52-40(24-16-26-49(52)56)39-18-15-17-38(35-39)36-27-29-37(30-28-36)53-57-54(45-31-33-50(60(3,4)5)43-21-11-9-19-41(43)45)59-55(58-53)46-32-34-51(61(6,7)8)44-22-12-10-20-42(44)46/h9-35H,1-8H3. The predicted molar refractivity (Wildman–Crippen MR) is 266 cm³/mol. The topological polar surface area (TPSA) is 38.7 Å². The van der Waals surface area contributed by atoms with Gasteiger partial charge < -0.3 is 0 Å². The molecule has 1 aromatic heterocycles. The lowest BCUT2D eigenvalue weighted by Gasteiger charge is -2.21. The van der Waals surface area contributed by atoms with Crippen molar-refractivity contribution >= 4 is 48.1 Å². The molecule has 0 atom stereocenters. The third-order valence-corrected chi connectivity index (χ3v) is 16.9. The first-order chi connectivity index (χ1) is 29.3. The van der Waals surface area contributed by atoms with Crippen LogP contribution >= 0.6 is 0 Å². The monoisotopic (exact) mass is 821 g/mol. The minimum absolute atomic E-state index is 0.0425. The van der Waals surface area contributed by atoms with Gasteiger partial charge in [-0.1, -0.05) is 221 Å². The van der Waals surface area contributed by atoms with Crippen LogP contribution in [0.1, 0.15) is 25.0 Å². The number of nitrogens with zero attached hydrogens (tertiary/aromatic N) is 3. The van der Waals surface area contributed by atoms with Crippen molar-refractivity contribution in [1.29, 1.82) is 0 Å². The van der Waals surface area contributed by atoms with E-state index in [-0.39, 0.29) is 5.41 Å². The van der Waals surface area contributed by atoms with E-state index >= 15 is 0 Å². The Morgan fingerprint density at radius 2 is 0.803 bits per heavy atom. The fourth-order valence-electron chi connectivity index (χ4n) is 9.72. The first kappa shape index (κ1) is 38.9. The molecular formula is C56H51N3Si2. The van der Waals surface area contributed by atoms with Crippen LogP contribution in [-0.4, -0.2) is 31.1 Å². The molecule has 10 rings (SSSR count). The maximum atomic E-state index is 5.34. The summed E-state index contributed by atoms with van der Waals surface area (Å²) in [5.74, 6) is 2.04. The van der Waals surface area contributed by atoms with Crippen molar-refractivity contribution in [1.82, 2.24) is 15.0 Å². The molecule has 0 saturated heterocycles. The van der Waals surface area contributed by atoms with E-state index in [9.17, 15) is 0 Å². The van der Waals surface area contributed by atoms with Gasteiger partial charge in [0.15, 0.2) is 17.5 Å². The Hall–Kier alpha value is -6.28. The van der Waals surface area contributed by atoms with Gasteiger partial charge in [0.1, 0.15) is 0 Å². The molecule has 61 heavy (non-hydrogen) atoms. The lowest BCUT2D eigenvalue weighted by molar-refractivity contribution is 0.660. The van der Waals surface area contributed by atoms with Gasteiger partial charge in [0.2, 0.25) is 0 Å². The zero-order chi connectivity index (χ0) is 42.3. The maximum Gasteiger partial charge on any atom is 0.164 e. The molecule has 0 bridgehead atoms. The average Bonchev–Trinajstić information content (AvgIpc) is 3.50. The van der Waals surface area contributed by atoms with E-state index in [1.807, 2.05) is 0 Å². The molecule has 0 unspecified atom stereocenters. The van der Waals surface area contributed by atoms with E-state index < -0.39 is 16.1 Å². The molecule has 0 N–H and O–H groups in total. The van der Waals surface area contributed by atoms with Gasteiger partial charge in [0, 0.05) is 22.1 Å². The quantitative estimate of drug-likeness (QED) is 0.150. The fourth-order valence-corrected chi connectivity index (χ4v) is 12.9. The van der Waals surface area contributed by atoms with Gasteiger partial charge in [-0.2, -0.15) is 0 Å². The van der Waals surface area contributed by atoms with Crippen molar-refractivity contribution < 1.29 is 0 Å². The normalized spacial score (nSPS) is 13.4. The highest BCUT2D eigenvalue weighted by molar-refractivity contribution is 6.91. The van der Waals surface area contributed by atoms with E-state index in [0.29, 0.717) is 17.5 Å². The number of hydrogen-bond acceptors (Lipinski definition) is 3. The molecule has 0 aliphatic heterocycles. The van der Waals surface area contributed by atoms with E-state index in [2.05, 4.69) is 217 Å². The highest BCUT2D eigenvalue weighted by Gasteiger charge is 2.36. The molecule has 0 fully saturated rings. The fraction of sp³-hybridized carbons (Fsp3) is 0.161. The van der Waals surface area contributed by atoms with E-state index in [1.54, 1.807) is 0 Å². The molecule has 298 valence electrons. The van der Waals surface area contributed by atoms with Crippen molar-refractivity contribution in [3.63, 3.8) is 0 Å². The predicted octanol–water partition coefficient (Wildman–Crippen LogP) is 13.9. The Morgan fingerprint density at radius 3 is 1.39 bits per heavy atom. The second-order valence-electron chi connectivity index (χ2n) is 19.3. The number of fused-ring (bicyclic) bond motifs is 5. The van der Waals surface area contributed by atoms with Gasteiger partial charge in [0.05, 0.1) is 16.1 Å². The lowest BCUT2D eigenvalue weighted by atomic mass is 9.82. The minimum atomic E-state index is -1.63. The molecule has 0 spiro atoms. The zero-order valence-electron chi connectivity index (χ0n) is 36.4. The van der Waals surface area contributed by atoms with Gasteiger partial charge >= 0.3 is 0 Å². The van der Waals surface area contributed by atoms with Crippen LogP contribution in [0.4, 0.5) is 0 Å². The highest BCUT2D eigenvalue weighted by atomic mass is 28.3. The maximum absolute atomic E-state index is 5.34. The van der Waals surface area contributed by atoms with E-state index in [0.717, 1.165) is 22.3 Å². The second-order valence-corrected chi connectivity index (χ2v) is 29.4. The molecule has 1 aliphatic rings. The summed E-state index contributed by atoms with van der Waals surface area (Å²) in [7, 11) is -3.26. The van der Waals surface area contributed by atoms with Crippen molar-refractivity contribution in [3.05, 3.63) is 175 Å². The van der Waals surface area contributed by atoms with Crippen molar-refractivity contribution in [3.8, 4) is 67.5 Å². The number of rotatable bonds is 7. The van der Waals surface area contributed by atoms with E-state index in [1.165, 1.54) is 70.9 Å². The molecule has 1 aliphatic carbocycles. The molecule has 0 amide bonds. The first-order valence-corrected chi connectivity index (χ1v) is 28.5. The van der Waals surface area contributed by atoms with Crippen molar-refractivity contribution in [2.45, 2.75) is 58.5 Å². The third kappa shape index (κ3) is 6.68. The molecule has 0 radical (unpaired) electrons. The molecule has 0 saturated carbocycles. The van der Waals surface area contributed by atoms with Gasteiger partial charge in [-0.3, -0.25) is 0 Å². The summed E-state index contributed by atoms with van der Waals surface area (Å²) in [6, 6.07) is 60.1. The Morgan fingerprint density at radius 1 is 0.344 bits per heavy atom. The smallest absolute Gasteiger partial charge is 0.164 e. The Bertz CT molecular complexity index is 3070. The van der Waals surface area contributed by atoms with Crippen molar-refractivity contribution in [2.75, 3.05) is 0 Å². The second kappa shape index (κ2) is 14.4. The van der Waals surface area contributed by atoms with Crippen LogP contribution in [0, 0.1) is 0 Å². The Labute approximate surface area is 362 Å². The van der Waals surface area contributed by atoms with Crippen LogP contribution in [-0.2, 0) is 5.41 Å². The van der Waals surface area contributed by atoms with Crippen LogP contribution in [0.5, 0.6) is 0 Å². The molecule has 9 aromatic rings. The summed E-state index contributed by atoms with van der Waals surface area (Å²) in [5.41, 5.74) is 13.2. The number of benzene rings is 8. The van der Waals surface area contributed by atoms with Crippen molar-refractivity contribution in [2.24, 2.45) is 0 Å². The molecular weight excluding hydrogens is 771 g/mol. The summed E-state index contributed by atoms with van der Waals surface area (Å²) in [6.45, 7) is 19.2. The highest BCUT2D eigenvalue weighted by Crippen LogP contribution is 2.52. The Kier molecular flexibility index (Phi) is 9.20. The first-order valence-electron chi connectivity index (χ1n) is 21.5. The summed E-state index contributed by atoms with van der Waals surface area (Å²) >= 11 is 0. The molecule has 5 heteroatoms. The Balaban J connectivity index is 1.10. The number of aromatic nitrogens is 3. The minimum Gasteiger partial charge on any atom is -0.208 e. The van der Waals surface area contributed by atoms with E-state index in [4.69, 9.17) is 15.0 Å². The summed E-state index contributed by atoms with van der Waals surface area (Å²) in [6.07, 6.45) is 0. The summed E-state index contributed by atoms with van der Waals surface area (Å²) in [5, 5.41) is 7.81. The van der Waals surface area contributed by atoms with Crippen LogP contribution in [0.2, 0.25) is 39.3 Å². The van der Waals surface area contributed by atoms with Crippen LogP contribution in [0.3, 0.4) is 0 Å². The van der Waals surface area contributed by atoms with Gasteiger partial charge in [-0.25, -0.2) is 15.0 Å². The average molecular weight is 822 g/mol. The third-order valence-electron chi connectivity index (χ3n) is 12.8. The lowest BCUT2D eigenvalue weighted by Crippen LogP contribution is -2.38. The molecule has 3 nitrogen and oxygen atoms in total. The molecule has 1 heterocycles. The number of hydrogen-bond donors (Lipinski definition) is 0. The zero-order valence-corrected chi connectivity index (χ0v) is 38.4. The van der Waals surface area contributed by atoms with Gasteiger partial charge in [-0.05, 0) is 72.1 Å². The van der Waals surface area contributed by atoms with Gasteiger partial charge in [-0.15, -0.1) is 0 Å². The largest absolute Gasteiger partial charge is 0.208 e. The van der Waals surface area contributed by atoms with Gasteiger partial charge in [0.25, 0.3) is 0 Å². The van der Waals surface area contributed by atoms with Crippen LogP contribution in [0.15, 0.2) is 164 Å². The molecule has 8 aromatic carbocycles. The van der Waals surface area contributed by atoms with Crippen LogP contribution < -0.4 is 10.4 Å². The SMILES string of the molecule is CC1(C)c2ccccc2-c2c(-c3cccc(-c4ccc(-c5nc(-c6ccc([Si](C)(C)C)c7ccccc67)nc(-c6ccc([Si](C)(C)C)c7ccccc67)n5)cc4)c3)cccc21. The summed E-state index contributed by atoms with van der Waals surface area (Å²) < 4.78 is 0. The summed E-state index contributed by atoms with van der Waals surface area (Å²) in [4.78, 5) is 15.9.